The Morgan fingerprint density at radius 2 is 2.47 bits per heavy atom. The summed E-state index contributed by atoms with van der Waals surface area (Å²) < 4.78 is 4.87. The summed E-state index contributed by atoms with van der Waals surface area (Å²) in [5, 5.41) is 0.483. The van der Waals surface area contributed by atoms with Crippen LogP contribution in [0.4, 0.5) is 5.00 Å². The van der Waals surface area contributed by atoms with Crippen molar-refractivity contribution >= 4 is 28.4 Å². The van der Waals surface area contributed by atoms with Crippen LogP contribution >= 0.6 is 11.3 Å². The van der Waals surface area contributed by atoms with Gasteiger partial charge in [-0.2, -0.15) is 0 Å². The maximum absolute atomic E-state index is 11.4. The van der Waals surface area contributed by atoms with Crippen molar-refractivity contribution in [2.75, 3.05) is 12.3 Å². The fourth-order valence-corrected chi connectivity index (χ4v) is 1.87. The highest BCUT2D eigenvalue weighted by Crippen LogP contribution is 2.26. The molecule has 3 nitrogen and oxygen atoms in total. The summed E-state index contributed by atoms with van der Waals surface area (Å²) in [4.78, 5) is 12.3. The Bertz CT molecular complexity index is 393. The van der Waals surface area contributed by atoms with Crippen LogP contribution in [0.2, 0.25) is 0 Å². The van der Waals surface area contributed by atoms with E-state index < -0.39 is 0 Å². The molecule has 0 saturated heterocycles. The third kappa shape index (κ3) is 2.95. The van der Waals surface area contributed by atoms with Gasteiger partial charge in [0.05, 0.1) is 12.2 Å². The third-order valence-electron chi connectivity index (χ3n) is 1.67. The maximum Gasteiger partial charge on any atom is 0.341 e. The van der Waals surface area contributed by atoms with E-state index in [-0.39, 0.29) is 5.97 Å². The molecule has 0 radical (unpaired) electrons. The summed E-state index contributed by atoms with van der Waals surface area (Å²) in [6.45, 7) is 5.68. The van der Waals surface area contributed by atoms with Gasteiger partial charge >= 0.3 is 5.97 Å². The SMILES string of the molecule is C=C/C=C/c1cc(C(=O)OCC)c(N)s1. The molecule has 80 valence electrons. The molecule has 0 aliphatic rings. The summed E-state index contributed by atoms with van der Waals surface area (Å²) in [7, 11) is 0. The van der Waals surface area contributed by atoms with Crippen LogP contribution < -0.4 is 5.73 Å². The van der Waals surface area contributed by atoms with Crippen LogP contribution in [0, 0.1) is 0 Å². The lowest BCUT2D eigenvalue weighted by Crippen LogP contribution is -2.05. The van der Waals surface area contributed by atoms with Crippen LogP contribution in [0.15, 0.2) is 24.8 Å². The minimum absolute atomic E-state index is 0.353. The highest BCUT2D eigenvalue weighted by atomic mass is 32.1. The van der Waals surface area contributed by atoms with E-state index >= 15 is 0 Å². The number of rotatable bonds is 4. The first-order valence-electron chi connectivity index (χ1n) is 4.54. The molecule has 0 atom stereocenters. The molecule has 1 rings (SSSR count). The zero-order valence-electron chi connectivity index (χ0n) is 8.53. The molecule has 1 aromatic heterocycles. The number of nitrogen functional groups attached to an aromatic ring is 1. The molecule has 0 bridgehead atoms. The van der Waals surface area contributed by atoms with Crippen molar-refractivity contribution < 1.29 is 9.53 Å². The Morgan fingerprint density at radius 3 is 3.07 bits per heavy atom. The fourth-order valence-electron chi connectivity index (χ4n) is 1.04. The van der Waals surface area contributed by atoms with Gasteiger partial charge in [0, 0.05) is 4.88 Å². The molecule has 0 aliphatic carbocycles. The van der Waals surface area contributed by atoms with Crippen LogP contribution in [-0.2, 0) is 4.74 Å². The predicted molar refractivity (Wildman–Crippen MR) is 63.9 cm³/mol. The smallest absolute Gasteiger partial charge is 0.341 e. The molecule has 1 heterocycles. The van der Waals surface area contributed by atoms with Crippen LogP contribution in [0.5, 0.6) is 0 Å². The number of ether oxygens (including phenoxy) is 1. The lowest BCUT2D eigenvalue weighted by Gasteiger charge is -1.98. The van der Waals surface area contributed by atoms with E-state index in [1.54, 1.807) is 25.1 Å². The Morgan fingerprint density at radius 1 is 1.73 bits per heavy atom. The number of thiophene rings is 1. The Labute approximate surface area is 92.9 Å². The van der Waals surface area contributed by atoms with Crippen molar-refractivity contribution in [3.05, 3.63) is 35.2 Å². The highest BCUT2D eigenvalue weighted by molar-refractivity contribution is 7.17. The summed E-state index contributed by atoms with van der Waals surface area (Å²) in [6.07, 6.45) is 5.30. The minimum atomic E-state index is -0.371. The molecule has 1 aromatic rings. The summed E-state index contributed by atoms with van der Waals surface area (Å²) in [6, 6.07) is 1.72. The van der Waals surface area contributed by atoms with Crippen LogP contribution in [0.3, 0.4) is 0 Å². The molecule has 0 spiro atoms. The molecule has 4 heteroatoms. The van der Waals surface area contributed by atoms with Crippen molar-refractivity contribution in [1.82, 2.24) is 0 Å². The number of carbonyl (C=O) groups excluding carboxylic acids is 1. The van der Waals surface area contributed by atoms with Crippen molar-refractivity contribution in [2.45, 2.75) is 6.92 Å². The Balaban J connectivity index is 2.90. The number of anilines is 1. The molecule has 0 aliphatic heterocycles. The van der Waals surface area contributed by atoms with E-state index in [0.29, 0.717) is 17.2 Å². The van der Waals surface area contributed by atoms with Crippen molar-refractivity contribution in [2.24, 2.45) is 0 Å². The molecular formula is C11H13NO2S. The Hall–Kier alpha value is -1.55. The number of hydrogen-bond donors (Lipinski definition) is 1. The summed E-state index contributed by atoms with van der Waals surface area (Å²) in [5.74, 6) is -0.371. The summed E-state index contributed by atoms with van der Waals surface area (Å²) in [5.41, 5.74) is 6.14. The topological polar surface area (TPSA) is 52.3 Å². The number of hydrogen-bond acceptors (Lipinski definition) is 4. The van der Waals surface area contributed by atoms with Gasteiger partial charge in [-0.3, -0.25) is 0 Å². The molecule has 0 saturated carbocycles. The van der Waals surface area contributed by atoms with E-state index in [4.69, 9.17) is 10.5 Å². The second kappa shape index (κ2) is 5.36. The van der Waals surface area contributed by atoms with Gasteiger partial charge in [0.25, 0.3) is 0 Å². The van der Waals surface area contributed by atoms with Gasteiger partial charge in [-0.25, -0.2) is 4.79 Å². The second-order valence-electron chi connectivity index (χ2n) is 2.74. The first-order chi connectivity index (χ1) is 7.19. The van der Waals surface area contributed by atoms with E-state index in [1.807, 2.05) is 6.08 Å². The van der Waals surface area contributed by atoms with Crippen LogP contribution in [0.25, 0.3) is 6.08 Å². The van der Waals surface area contributed by atoms with Gasteiger partial charge in [0.2, 0.25) is 0 Å². The normalized spacial score (nSPS) is 10.5. The largest absolute Gasteiger partial charge is 0.462 e. The van der Waals surface area contributed by atoms with E-state index in [0.717, 1.165) is 4.88 Å². The van der Waals surface area contributed by atoms with Gasteiger partial charge in [-0.1, -0.05) is 18.7 Å². The first kappa shape index (κ1) is 11.5. The molecule has 0 amide bonds. The van der Waals surface area contributed by atoms with Gasteiger partial charge < -0.3 is 10.5 Å². The second-order valence-corrected chi connectivity index (χ2v) is 3.86. The monoisotopic (exact) mass is 223 g/mol. The number of carbonyl (C=O) groups is 1. The van der Waals surface area contributed by atoms with E-state index in [2.05, 4.69) is 6.58 Å². The zero-order valence-corrected chi connectivity index (χ0v) is 9.34. The summed E-state index contributed by atoms with van der Waals surface area (Å²) >= 11 is 1.35. The van der Waals surface area contributed by atoms with Crippen molar-refractivity contribution in [1.29, 1.82) is 0 Å². The average Bonchev–Trinajstić information content (AvgIpc) is 2.57. The number of esters is 1. The van der Waals surface area contributed by atoms with Gasteiger partial charge in [-0.15, -0.1) is 11.3 Å². The van der Waals surface area contributed by atoms with E-state index in [1.165, 1.54) is 11.3 Å². The molecule has 2 N–H and O–H groups in total. The molecule has 15 heavy (non-hydrogen) atoms. The molecule has 0 unspecified atom stereocenters. The zero-order chi connectivity index (χ0) is 11.3. The van der Waals surface area contributed by atoms with Crippen molar-refractivity contribution in [3.8, 4) is 0 Å². The predicted octanol–water partition coefficient (Wildman–Crippen LogP) is 2.71. The average molecular weight is 223 g/mol. The lowest BCUT2D eigenvalue weighted by molar-refractivity contribution is 0.0528. The van der Waals surface area contributed by atoms with Crippen LogP contribution in [-0.4, -0.2) is 12.6 Å². The molecule has 0 aromatic carbocycles. The van der Waals surface area contributed by atoms with Gasteiger partial charge in [0.15, 0.2) is 0 Å². The molecular weight excluding hydrogens is 210 g/mol. The third-order valence-corrected chi connectivity index (χ3v) is 2.60. The quantitative estimate of drug-likeness (QED) is 0.630. The molecule has 0 fully saturated rings. The van der Waals surface area contributed by atoms with Gasteiger partial charge in [-0.05, 0) is 19.1 Å². The lowest BCUT2D eigenvalue weighted by atomic mass is 10.3. The van der Waals surface area contributed by atoms with Crippen LogP contribution in [0.1, 0.15) is 22.2 Å². The number of allylic oxidation sites excluding steroid dienone is 2. The highest BCUT2D eigenvalue weighted by Gasteiger charge is 2.13. The minimum Gasteiger partial charge on any atom is -0.462 e. The van der Waals surface area contributed by atoms with Gasteiger partial charge in [0.1, 0.15) is 5.00 Å². The standard InChI is InChI=1S/C11H13NO2S/c1-3-5-6-8-7-9(10(12)15-8)11(13)14-4-2/h3,5-7H,1,4,12H2,2H3/b6-5+. The first-order valence-corrected chi connectivity index (χ1v) is 5.36. The Kier molecular flexibility index (Phi) is 4.12. The van der Waals surface area contributed by atoms with E-state index in [9.17, 15) is 4.79 Å². The fraction of sp³-hybridized carbons (Fsp3) is 0.182. The maximum atomic E-state index is 11.4. The number of nitrogens with two attached hydrogens (primary N) is 1. The van der Waals surface area contributed by atoms with Crippen molar-refractivity contribution in [3.63, 3.8) is 0 Å².